The Morgan fingerprint density at radius 3 is 2.62 bits per heavy atom. The van der Waals surface area contributed by atoms with Crippen LogP contribution in [0.25, 0.3) is 0 Å². The summed E-state index contributed by atoms with van der Waals surface area (Å²) in [6.45, 7) is 3.67. The lowest BCUT2D eigenvalue weighted by Gasteiger charge is -2.43. The molecule has 0 aromatic carbocycles. The Kier molecular flexibility index (Phi) is 3.18. The van der Waals surface area contributed by atoms with Gasteiger partial charge >= 0.3 is 0 Å². The van der Waals surface area contributed by atoms with Gasteiger partial charge in [0.1, 0.15) is 0 Å². The van der Waals surface area contributed by atoms with Crippen LogP contribution in [0, 0.1) is 5.92 Å². The SMILES string of the molecule is COC1CCN(C2CCC2CNC2CC2)C1. The molecule has 1 saturated heterocycles. The highest BCUT2D eigenvalue weighted by Gasteiger charge is 2.39. The van der Waals surface area contributed by atoms with Gasteiger partial charge in [0.2, 0.25) is 0 Å². The minimum atomic E-state index is 0.498. The summed E-state index contributed by atoms with van der Waals surface area (Å²) in [6, 6.07) is 1.72. The number of ether oxygens (including phenoxy) is 1. The number of nitrogens with one attached hydrogen (secondary N) is 1. The van der Waals surface area contributed by atoms with Crippen molar-refractivity contribution in [2.24, 2.45) is 5.92 Å². The third kappa shape index (κ3) is 2.27. The highest BCUT2D eigenvalue weighted by molar-refractivity contribution is 4.94. The van der Waals surface area contributed by atoms with E-state index in [1.165, 1.54) is 51.7 Å². The summed E-state index contributed by atoms with van der Waals surface area (Å²) >= 11 is 0. The van der Waals surface area contributed by atoms with Crippen LogP contribution in [0.2, 0.25) is 0 Å². The minimum absolute atomic E-state index is 0.498. The van der Waals surface area contributed by atoms with Gasteiger partial charge in [0.05, 0.1) is 6.10 Å². The van der Waals surface area contributed by atoms with Gasteiger partial charge in [0, 0.05) is 32.3 Å². The second kappa shape index (κ2) is 4.63. The minimum Gasteiger partial charge on any atom is -0.380 e. The van der Waals surface area contributed by atoms with Crippen LogP contribution in [0.5, 0.6) is 0 Å². The molecule has 16 heavy (non-hydrogen) atoms. The van der Waals surface area contributed by atoms with Crippen LogP contribution < -0.4 is 5.32 Å². The molecule has 0 aromatic heterocycles. The van der Waals surface area contributed by atoms with Crippen LogP contribution in [-0.2, 0) is 4.74 Å². The molecular formula is C13H24N2O. The van der Waals surface area contributed by atoms with Crippen molar-refractivity contribution in [3.05, 3.63) is 0 Å². The van der Waals surface area contributed by atoms with Crippen LogP contribution >= 0.6 is 0 Å². The van der Waals surface area contributed by atoms with Crippen molar-refractivity contribution in [2.45, 2.75) is 50.3 Å². The summed E-state index contributed by atoms with van der Waals surface area (Å²) in [4.78, 5) is 2.66. The molecule has 0 aromatic rings. The topological polar surface area (TPSA) is 24.5 Å². The average Bonchev–Trinajstić information content (AvgIpc) is 2.96. The molecule has 2 aliphatic carbocycles. The maximum absolute atomic E-state index is 5.45. The average molecular weight is 224 g/mol. The summed E-state index contributed by atoms with van der Waals surface area (Å²) < 4.78 is 5.45. The van der Waals surface area contributed by atoms with Gasteiger partial charge in [-0.15, -0.1) is 0 Å². The fourth-order valence-electron chi connectivity index (χ4n) is 3.12. The molecule has 3 fully saturated rings. The first-order valence-electron chi connectivity index (χ1n) is 6.87. The standard InChI is InChI=1S/C13H24N2O/c1-16-12-6-7-15(9-12)13-5-2-10(13)8-14-11-3-4-11/h10-14H,2-9H2,1H3. The Balaban J connectivity index is 1.43. The smallest absolute Gasteiger partial charge is 0.0710 e. The molecule has 0 amide bonds. The summed E-state index contributed by atoms with van der Waals surface area (Å²) in [7, 11) is 1.85. The Bertz CT molecular complexity index is 242. The summed E-state index contributed by atoms with van der Waals surface area (Å²) in [5, 5.41) is 3.68. The van der Waals surface area contributed by atoms with Gasteiger partial charge in [0.25, 0.3) is 0 Å². The molecule has 1 aliphatic heterocycles. The monoisotopic (exact) mass is 224 g/mol. The van der Waals surface area contributed by atoms with Gasteiger partial charge in [-0.3, -0.25) is 4.90 Å². The lowest BCUT2D eigenvalue weighted by molar-refractivity contribution is 0.0555. The number of hydrogen-bond donors (Lipinski definition) is 1. The van der Waals surface area contributed by atoms with E-state index in [1.807, 2.05) is 7.11 Å². The van der Waals surface area contributed by atoms with E-state index in [-0.39, 0.29) is 0 Å². The largest absolute Gasteiger partial charge is 0.380 e. The zero-order valence-electron chi connectivity index (χ0n) is 10.3. The van der Waals surface area contributed by atoms with Crippen LogP contribution in [0.3, 0.4) is 0 Å². The first-order chi connectivity index (χ1) is 7.86. The molecule has 92 valence electrons. The predicted molar refractivity (Wildman–Crippen MR) is 64.5 cm³/mol. The second-order valence-corrected chi connectivity index (χ2v) is 5.73. The summed E-state index contributed by atoms with van der Waals surface area (Å²) in [5.74, 6) is 0.913. The van der Waals surface area contributed by atoms with E-state index in [2.05, 4.69) is 10.2 Å². The number of hydrogen-bond acceptors (Lipinski definition) is 3. The molecule has 3 heteroatoms. The van der Waals surface area contributed by atoms with Crippen molar-refractivity contribution < 1.29 is 4.74 Å². The van der Waals surface area contributed by atoms with Gasteiger partial charge in [-0.25, -0.2) is 0 Å². The Morgan fingerprint density at radius 2 is 2.06 bits per heavy atom. The van der Waals surface area contributed by atoms with Crippen molar-refractivity contribution in [3.8, 4) is 0 Å². The van der Waals surface area contributed by atoms with E-state index < -0.39 is 0 Å². The van der Waals surface area contributed by atoms with Crippen LogP contribution in [0.1, 0.15) is 32.1 Å². The fraction of sp³-hybridized carbons (Fsp3) is 1.00. The van der Waals surface area contributed by atoms with Gasteiger partial charge < -0.3 is 10.1 Å². The number of methoxy groups -OCH3 is 1. The van der Waals surface area contributed by atoms with Crippen LogP contribution in [0.4, 0.5) is 0 Å². The number of rotatable bonds is 5. The van der Waals surface area contributed by atoms with E-state index in [1.54, 1.807) is 0 Å². The molecular weight excluding hydrogens is 200 g/mol. The molecule has 3 unspecified atom stereocenters. The highest BCUT2D eigenvalue weighted by atomic mass is 16.5. The van der Waals surface area contributed by atoms with Crippen LogP contribution in [-0.4, -0.2) is 49.8 Å². The third-order valence-electron chi connectivity index (χ3n) is 4.60. The van der Waals surface area contributed by atoms with Crippen molar-refractivity contribution >= 4 is 0 Å². The summed E-state index contributed by atoms with van der Waals surface area (Å²) in [5.41, 5.74) is 0. The zero-order valence-corrected chi connectivity index (χ0v) is 10.3. The van der Waals surface area contributed by atoms with Gasteiger partial charge in [0.15, 0.2) is 0 Å². The first kappa shape index (κ1) is 11.0. The molecule has 0 spiro atoms. The van der Waals surface area contributed by atoms with E-state index in [9.17, 15) is 0 Å². The third-order valence-corrected chi connectivity index (χ3v) is 4.60. The van der Waals surface area contributed by atoms with Crippen molar-refractivity contribution in [1.29, 1.82) is 0 Å². The maximum Gasteiger partial charge on any atom is 0.0710 e. The molecule has 3 atom stereocenters. The highest BCUT2D eigenvalue weighted by Crippen LogP contribution is 2.34. The van der Waals surface area contributed by atoms with E-state index >= 15 is 0 Å². The number of nitrogens with zero attached hydrogens (tertiary/aromatic N) is 1. The molecule has 3 nitrogen and oxygen atoms in total. The normalized spacial score (nSPS) is 39.9. The number of likely N-dealkylation sites (tertiary alicyclic amines) is 1. The molecule has 1 N–H and O–H groups in total. The van der Waals surface area contributed by atoms with Gasteiger partial charge in [-0.2, -0.15) is 0 Å². The Labute approximate surface area is 98.5 Å². The summed E-state index contributed by atoms with van der Waals surface area (Å²) in [6.07, 6.45) is 7.39. The first-order valence-corrected chi connectivity index (χ1v) is 6.87. The second-order valence-electron chi connectivity index (χ2n) is 5.73. The molecule has 2 saturated carbocycles. The Morgan fingerprint density at radius 1 is 1.19 bits per heavy atom. The van der Waals surface area contributed by atoms with Crippen molar-refractivity contribution in [2.75, 3.05) is 26.7 Å². The van der Waals surface area contributed by atoms with Gasteiger partial charge in [-0.05, 0) is 44.6 Å². The van der Waals surface area contributed by atoms with Crippen LogP contribution in [0.15, 0.2) is 0 Å². The van der Waals surface area contributed by atoms with E-state index in [0.717, 1.165) is 18.0 Å². The lowest BCUT2D eigenvalue weighted by Crippen LogP contribution is -2.50. The molecule has 0 bridgehead atoms. The zero-order chi connectivity index (χ0) is 11.0. The quantitative estimate of drug-likeness (QED) is 0.760. The predicted octanol–water partition coefficient (Wildman–Crippen LogP) is 1.24. The van der Waals surface area contributed by atoms with E-state index in [0.29, 0.717) is 6.10 Å². The van der Waals surface area contributed by atoms with Crippen molar-refractivity contribution in [3.63, 3.8) is 0 Å². The van der Waals surface area contributed by atoms with Gasteiger partial charge in [-0.1, -0.05) is 0 Å². The van der Waals surface area contributed by atoms with E-state index in [4.69, 9.17) is 4.74 Å². The Hall–Kier alpha value is -0.120. The lowest BCUT2D eigenvalue weighted by atomic mass is 9.78. The molecule has 3 rings (SSSR count). The molecule has 3 aliphatic rings. The van der Waals surface area contributed by atoms with Crippen molar-refractivity contribution in [1.82, 2.24) is 10.2 Å². The molecule has 1 heterocycles. The maximum atomic E-state index is 5.45. The fourth-order valence-corrected chi connectivity index (χ4v) is 3.12. The molecule has 0 radical (unpaired) electrons.